The van der Waals surface area contributed by atoms with Crippen LogP contribution in [0.5, 0.6) is 0 Å². The molecule has 2 aliphatic rings. The molecule has 5 heteroatoms. The van der Waals surface area contributed by atoms with Crippen molar-refractivity contribution in [3.05, 3.63) is 18.0 Å². The molecular weight excluding hydrogens is 230 g/mol. The highest BCUT2D eigenvalue weighted by Crippen LogP contribution is 2.22. The van der Waals surface area contributed by atoms with Gasteiger partial charge in [0, 0.05) is 38.2 Å². The summed E-state index contributed by atoms with van der Waals surface area (Å²) in [6.07, 6.45) is 5.64. The van der Waals surface area contributed by atoms with Gasteiger partial charge in [-0.3, -0.25) is 9.69 Å². The first-order valence-corrected chi connectivity index (χ1v) is 6.74. The van der Waals surface area contributed by atoms with Crippen LogP contribution in [0.15, 0.2) is 16.8 Å². The van der Waals surface area contributed by atoms with Crippen LogP contribution in [0.2, 0.25) is 0 Å². The van der Waals surface area contributed by atoms with E-state index in [1.165, 1.54) is 0 Å². The van der Waals surface area contributed by atoms with E-state index in [-0.39, 0.29) is 0 Å². The number of hydrogen-bond donors (Lipinski definition) is 0. The molecule has 2 fully saturated rings. The molecule has 2 aliphatic heterocycles. The molecule has 5 nitrogen and oxygen atoms in total. The van der Waals surface area contributed by atoms with E-state index in [2.05, 4.69) is 15.0 Å². The summed E-state index contributed by atoms with van der Waals surface area (Å²) in [7, 11) is 0. The van der Waals surface area contributed by atoms with E-state index in [4.69, 9.17) is 4.52 Å². The molecule has 3 rings (SSSR count). The van der Waals surface area contributed by atoms with Gasteiger partial charge in [0.05, 0.1) is 12.7 Å². The Morgan fingerprint density at radius 2 is 2.17 bits per heavy atom. The second-order valence-electron chi connectivity index (χ2n) is 5.18. The summed E-state index contributed by atoms with van der Waals surface area (Å²) in [4.78, 5) is 16.2. The standard InChI is InChI=1S/C13H19N3O2/c17-13-2-1-7-16(13)11-4-8-15(9-5-11)10-12-3-6-14-18-12/h3,6,11H,1-2,4-5,7-10H2. The second kappa shape index (κ2) is 5.10. The highest BCUT2D eigenvalue weighted by Gasteiger charge is 2.30. The van der Waals surface area contributed by atoms with Gasteiger partial charge in [-0.2, -0.15) is 0 Å². The van der Waals surface area contributed by atoms with Gasteiger partial charge in [-0.1, -0.05) is 5.16 Å². The van der Waals surface area contributed by atoms with E-state index >= 15 is 0 Å². The first-order chi connectivity index (χ1) is 8.83. The van der Waals surface area contributed by atoms with Crippen LogP contribution in [-0.2, 0) is 11.3 Å². The normalized spacial score (nSPS) is 22.9. The van der Waals surface area contributed by atoms with Crippen LogP contribution in [0.3, 0.4) is 0 Å². The lowest BCUT2D eigenvalue weighted by atomic mass is 10.0. The Morgan fingerprint density at radius 3 is 2.78 bits per heavy atom. The van der Waals surface area contributed by atoms with E-state index in [1.807, 2.05) is 6.07 Å². The molecule has 18 heavy (non-hydrogen) atoms. The van der Waals surface area contributed by atoms with Gasteiger partial charge < -0.3 is 9.42 Å². The molecule has 0 spiro atoms. The third-order valence-corrected chi connectivity index (χ3v) is 3.98. The number of rotatable bonds is 3. The maximum Gasteiger partial charge on any atom is 0.222 e. The highest BCUT2D eigenvalue weighted by atomic mass is 16.5. The molecule has 0 radical (unpaired) electrons. The lowest BCUT2D eigenvalue weighted by molar-refractivity contribution is -0.130. The van der Waals surface area contributed by atoms with Crippen LogP contribution in [0.25, 0.3) is 0 Å². The zero-order valence-electron chi connectivity index (χ0n) is 10.5. The van der Waals surface area contributed by atoms with Crippen LogP contribution in [0, 0.1) is 0 Å². The van der Waals surface area contributed by atoms with Gasteiger partial charge in [-0.05, 0) is 19.3 Å². The minimum absolute atomic E-state index is 0.351. The number of nitrogens with zero attached hydrogens (tertiary/aromatic N) is 3. The summed E-state index contributed by atoms with van der Waals surface area (Å²) < 4.78 is 5.12. The van der Waals surface area contributed by atoms with Crippen LogP contribution < -0.4 is 0 Å². The Bertz CT molecular complexity index is 396. The minimum Gasteiger partial charge on any atom is -0.360 e. The number of aromatic nitrogens is 1. The van der Waals surface area contributed by atoms with Gasteiger partial charge in [0.1, 0.15) is 0 Å². The minimum atomic E-state index is 0.351. The van der Waals surface area contributed by atoms with Gasteiger partial charge in [0.2, 0.25) is 5.91 Å². The fourth-order valence-corrected chi connectivity index (χ4v) is 2.99. The van der Waals surface area contributed by atoms with Crippen molar-refractivity contribution < 1.29 is 9.32 Å². The maximum atomic E-state index is 11.7. The molecule has 1 amide bonds. The number of hydrogen-bond acceptors (Lipinski definition) is 4. The lowest BCUT2D eigenvalue weighted by Gasteiger charge is -2.36. The molecule has 0 aliphatic carbocycles. The average molecular weight is 249 g/mol. The molecule has 1 aromatic rings. The van der Waals surface area contributed by atoms with Crippen molar-refractivity contribution in [1.29, 1.82) is 0 Å². The highest BCUT2D eigenvalue weighted by molar-refractivity contribution is 5.78. The molecule has 0 unspecified atom stereocenters. The molecule has 0 saturated carbocycles. The Morgan fingerprint density at radius 1 is 1.33 bits per heavy atom. The maximum absolute atomic E-state index is 11.7. The van der Waals surface area contributed by atoms with Gasteiger partial charge in [-0.15, -0.1) is 0 Å². The van der Waals surface area contributed by atoms with Crippen LogP contribution >= 0.6 is 0 Å². The van der Waals surface area contributed by atoms with Gasteiger partial charge in [0.15, 0.2) is 5.76 Å². The van der Waals surface area contributed by atoms with E-state index in [9.17, 15) is 4.79 Å². The Hall–Kier alpha value is -1.36. The third-order valence-electron chi connectivity index (χ3n) is 3.98. The molecular formula is C13H19N3O2. The first-order valence-electron chi connectivity index (χ1n) is 6.74. The number of carbonyl (C=O) groups is 1. The molecule has 0 atom stereocenters. The summed E-state index contributed by atoms with van der Waals surface area (Å²) in [5.74, 6) is 1.27. The Balaban J connectivity index is 1.50. The fraction of sp³-hybridized carbons (Fsp3) is 0.692. The zero-order chi connectivity index (χ0) is 12.4. The molecule has 0 N–H and O–H groups in total. The number of carbonyl (C=O) groups excluding carboxylic acids is 1. The molecule has 98 valence electrons. The van der Waals surface area contributed by atoms with Crippen molar-refractivity contribution in [2.45, 2.75) is 38.3 Å². The second-order valence-corrected chi connectivity index (χ2v) is 5.18. The molecule has 0 aromatic carbocycles. The quantitative estimate of drug-likeness (QED) is 0.809. The summed E-state index contributed by atoms with van der Waals surface area (Å²) in [6, 6.07) is 2.38. The zero-order valence-corrected chi connectivity index (χ0v) is 10.5. The summed E-state index contributed by atoms with van der Waals surface area (Å²) in [5, 5.41) is 3.72. The van der Waals surface area contributed by atoms with E-state index in [1.54, 1.807) is 6.20 Å². The third kappa shape index (κ3) is 2.41. The SMILES string of the molecule is O=C1CCCN1C1CCN(Cc2ccno2)CC1. The number of piperidine rings is 1. The van der Waals surface area contributed by atoms with Crippen molar-refractivity contribution in [3.8, 4) is 0 Å². The molecule has 3 heterocycles. The number of amides is 1. The molecule has 1 aromatic heterocycles. The van der Waals surface area contributed by atoms with Gasteiger partial charge in [0.25, 0.3) is 0 Å². The Kier molecular flexibility index (Phi) is 3.32. The van der Waals surface area contributed by atoms with Crippen molar-refractivity contribution in [3.63, 3.8) is 0 Å². The van der Waals surface area contributed by atoms with Gasteiger partial charge >= 0.3 is 0 Å². The van der Waals surface area contributed by atoms with Crippen molar-refractivity contribution in [2.75, 3.05) is 19.6 Å². The summed E-state index contributed by atoms with van der Waals surface area (Å²) >= 11 is 0. The predicted molar refractivity (Wildman–Crippen MR) is 65.7 cm³/mol. The van der Waals surface area contributed by atoms with E-state index in [0.29, 0.717) is 11.9 Å². The monoisotopic (exact) mass is 249 g/mol. The van der Waals surface area contributed by atoms with Crippen molar-refractivity contribution in [2.24, 2.45) is 0 Å². The largest absolute Gasteiger partial charge is 0.360 e. The lowest BCUT2D eigenvalue weighted by Crippen LogP contribution is -2.45. The first kappa shape index (κ1) is 11.7. The summed E-state index contributed by atoms with van der Waals surface area (Å²) in [6.45, 7) is 3.87. The van der Waals surface area contributed by atoms with Crippen LogP contribution in [0.1, 0.15) is 31.4 Å². The van der Waals surface area contributed by atoms with Crippen molar-refractivity contribution in [1.82, 2.24) is 15.0 Å². The molecule has 2 saturated heterocycles. The Labute approximate surface area is 107 Å². The predicted octanol–water partition coefficient (Wildman–Crippen LogP) is 1.26. The fourth-order valence-electron chi connectivity index (χ4n) is 2.99. The van der Waals surface area contributed by atoms with E-state index in [0.717, 1.165) is 57.6 Å². The van der Waals surface area contributed by atoms with E-state index < -0.39 is 0 Å². The summed E-state index contributed by atoms with van der Waals surface area (Å²) in [5.41, 5.74) is 0. The average Bonchev–Trinajstić information content (AvgIpc) is 3.02. The van der Waals surface area contributed by atoms with Crippen molar-refractivity contribution >= 4 is 5.91 Å². The van der Waals surface area contributed by atoms with Crippen LogP contribution in [0.4, 0.5) is 0 Å². The number of likely N-dealkylation sites (tertiary alicyclic amines) is 2. The smallest absolute Gasteiger partial charge is 0.222 e. The van der Waals surface area contributed by atoms with Crippen LogP contribution in [-0.4, -0.2) is 46.5 Å². The topological polar surface area (TPSA) is 49.6 Å². The molecule has 0 bridgehead atoms. The van der Waals surface area contributed by atoms with Gasteiger partial charge in [-0.25, -0.2) is 0 Å².